The second-order valence-electron chi connectivity index (χ2n) is 9.04. The monoisotopic (exact) mass is 336 g/mol. The summed E-state index contributed by atoms with van der Waals surface area (Å²) in [7, 11) is 0. The summed E-state index contributed by atoms with van der Waals surface area (Å²) in [5.74, 6) is 1.66. The Labute approximate surface area is 155 Å². The molecule has 0 N–H and O–H groups in total. The van der Waals surface area contributed by atoms with E-state index in [0.717, 1.165) is 11.8 Å². The lowest BCUT2D eigenvalue weighted by atomic mass is 9.71. The van der Waals surface area contributed by atoms with Gasteiger partial charge in [0.2, 0.25) is 0 Å². The number of allylic oxidation sites excluding steroid dienone is 8. The van der Waals surface area contributed by atoms with E-state index in [1.807, 2.05) is 11.1 Å². The van der Waals surface area contributed by atoms with Gasteiger partial charge >= 0.3 is 0 Å². The summed E-state index contributed by atoms with van der Waals surface area (Å²) in [6.45, 7) is 9.77. The highest BCUT2D eigenvalue weighted by atomic mass is 14.4. The van der Waals surface area contributed by atoms with Crippen LogP contribution in [-0.2, 0) is 0 Å². The molecule has 1 atom stereocenters. The largest absolute Gasteiger partial charge is 0.0667 e. The van der Waals surface area contributed by atoms with Gasteiger partial charge in [0, 0.05) is 0 Å². The van der Waals surface area contributed by atoms with E-state index in [0.29, 0.717) is 0 Å². The number of hydrogen-bond donors (Lipinski definition) is 0. The minimum atomic E-state index is 0.768. The highest BCUT2D eigenvalue weighted by Crippen LogP contribution is 2.50. The minimum Gasteiger partial charge on any atom is -0.0667 e. The van der Waals surface area contributed by atoms with E-state index >= 15 is 0 Å². The van der Waals surface area contributed by atoms with E-state index < -0.39 is 0 Å². The van der Waals surface area contributed by atoms with Crippen LogP contribution in [0.3, 0.4) is 0 Å². The fourth-order valence-corrected chi connectivity index (χ4v) is 5.41. The quantitative estimate of drug-likeness (QED) is 0.492. The van der Waals surface area contributed by atoms with Gasteiger partial charge in [0.1, 0.15) is 0 Å². The van der Waals surface area contributed by atoms with E-state index in [1.54, 1.807) is 33.4 Å². The van der Waals surface area contributed by atoms with Crippen LogP contribution in [0.1, 0.15) is 98.3 Å². The average Bonchev–Trinajstić information content (AvgIpc) is 2.52. The normalized spacial score (nSPS) is 27.8. The van der Waals surface area contributed by atoms with Crippen molar-refractivity contribution in [2.45, 2.75) is 98.3 Å². The zero-order valence-corrected chi connectivity index (χ0v) is 16.9. The second kappa shape index (κ2) is 6.93. The molecule has 136 valence electrons. The van der Waals surface area contributed by atoms with Crippen LogP contribution in [-0.4, -0.2) is 0 Å². The van der Waals surface area contributed by atoms with Gasteiger partial charge in [-0.2, -0.15) is 0 Å². The summed E-state index contributed by atoms with van der Waals surface area (Å²) in [6.07, 6.45) is 15.2. The maximum Gasteiger partial charge on any atom is -0.0121 e. The Bertz CT molecular complexity index is 676. The topological polar surface area (TPSA) is 0 Å². The van der Waals surface area contributed by atoms with Crippen LogP contribution < -0.4 is 0 Å². The highest BCUT2D eigenvalue weighted by Gasteiger charge is 2.34. The summed E-state index contributed by atoms with van der Waals surface area (Å²) in [5, 5.41) is 0. The van der Waals surface area contributed by atoms with Crippen molar-refractivity contribution in [1.82, 2.24) is 0 Å². The molecule has 25 heavy (non-hydrogen) atoms. The number of rotatable bonds is 3. The third-order valence-corrected chi connectivity index (χ3v) is 7.85. The van der Waals surface area contributed by atoms with Crippen molar-refractivity contribution in [3.05, 3.63) is 44.6 Å². The van der Waals surface area contributed by atoms with E-state index in [-0.39, 0.29) is 0 Å². The molecule has 4 rings (SSSR count). The Morgan fingerprint density at radius 2 is 1.60 bits per heavy atom. The molecule has 0 aliphatic heterocycles. The van der Waals surface area contributed by atoms with Gasteiger partial charge in [-0.15, -0.1) is 0 Å². The summed E-state index contributed by atoms with van der Waals surface area (Å²) >= 11 is 0. The van der Waals surface area contributed by atoms with Crippen LogP contribution in [0.15, 0.2) is 44.6 Å². The molecule has 0 aromatic heterocycles. The van der Waals surface area contributed by atoms with Crippen LogP contribution in [0, 0.1) is 11.8 Å². The van der Waals surface area contributed by atoms with E-state index in [9.17, 15) is 0 Å². The fourth-order valence-electron chi connectivity index (χ4n) is 5.41. The zero-order valence-electron chi connectivity index (χ0n) is 16.9. The van der Waals surface area contributed by atoms with Crippen LogP contribution >= 0.6 is 0 Å². The Morgan fingerprint density at radius 3 is 2.04 bits per heavy atom. The Kier molecular flexibility index (Phi) is 4.82. The Hall–Kier alpha value is -1.04. The molecule has 0 aromatic rings. The van der Waals surface area contributed by atoms with Gasteiger partial charge in [-0.25, -0.2) is 0 Å². The molecule has 0 heterocycles. The van der Waals surface area contributed by atoms with Crippen LogP contribution in [0.25, 0.3) is 0 Å². The van der Waals surface area contributed by atoms with E-state index in [2.05, 4.69) is 27.7 Å². The maximum atomic E-state index is 2.45. The van der Waals surface area contributed by atoms with Crippen LogP contribution in [0.2, 0.25) is 0 Å². The minimum absolute atomic E-state index is 0.768. The Balaban J connectivity index is 1.88. The molecule has 0 bridgehead atoms. The van der Waals surface area contributed by atoms with Gasteiger partial charge in [0.25, 0.3) is 0 Å². The SMILES string of the molecule is CCC1CC(C2CCC2)=C(C)C(C)=C(C(C)=C2CCC2)C1=C1CCC1. The van der Waals surface area contributed by atoms with Crippen LogP contribution in [0.5, 0.6) is 0 Å². The first-order valence-electron chi connectivity index (χ1n) is 10.9. The summed E-state index contributed by atoms with van der Waals surface area (Å²) in [6, 6.07) is 0. The summed E-state index contributed by atoms with van der Waals surface area (Å²) < 4.78 is 0. The van der Waals surface area contributed by atoms with Crippen molar-refractivity contribution in [1.29, 1.82) is 0 Å². The third-order valence-electron chi connectivity index (χ3n) is 7.85. The second-order valence-corrected chi connectivity index (χ2v) is 9.04. The van der Waals surface area contributed by atoms with Gasteiger partial charge in [-0.3, -0.25) is 0 Å². The van der Waals surface area contributed by atoms with E-state index in [4.69, 9.17) is 0 Å². The molecule has 0 amide bonds. The molecular formula is C25H36. The highest BCUT2D eigenvalue weighted by molar-refractivity contribution is 5.60. The molecule has 0 aromatic carbocycles. The molecule has 0 saturated heterocycles. The van der Waals surface area contributed by atoms with Gasteiger partial charge in [-0.05, 0) is 125 Å². The molecule has 1 unspecified atom stereocenters. The number of hydrogen-bond acceptors (Lipinski definition) is 0. The van der Waals surface area contributed by atoms with Crippen molar-refractivity contribution in [3.63, 3.8) is 0 Å². The molecule has 0 heteroatoms. The molecule has 3 saturated carbocycles. The molecule has 4 aliphatic carbocycles. The van der Waals surface area contributed by atoms with Crippen molar-refractivity contribution in [2.75, 3.05) is 0 Å². The molecule has 4 aliphatic rings. The summed E-state index contributed by atoms with van der Waals surface area (Å²) in [5.41, 5.74) is 13.8. The van der Waals surface area contributed by atoms with Crippen molar-refractivity contribution in [2.24, 2.45) is 11.8 Å². The van der Waals surface area contributed by atoms with Gasteiger partial charge in [0.05, 0.1) is 0 Å². The Morgan fingerprint density at radius 1 is 0.920 bits per heavy atom. The zero-order chi connectivity index (χ0) is 17.6. The molecule has 0 spiro atoms. The molecular weight excluding hydrogens is 300 g/mol. The lowest BCUT2D eigenvalue weighted by molar-refractivity contribution is 0.347. The molecule has 3 fully saturated rings. The first-order chi connectivity index (χ1) is 12.1. The first kappa shape index (κ1) is 17.4. The smallest absolute Gasteiger partial charge is 0.0121 e. The lowest BCUT2D eigenvalue weighted by Gasteiger charge is -2.33. The first-order valence-corrected chi connectivity index (χ1v) is 10.9. The predicted octanol–water partition coefficient (Wildman–Crippen LogP) is 7.83. The van der Waals surface area contributed by atoms with Crippen molar-refractivity contribution < 1.29 is 0 Å². The van der Waals surface area contributed by atoms with E-state index in [1.165, 1.54) is 70.6 Å². The molecule has 0 nitrogen and oxygen atoms in total. The summed E-state index contributed by atoms with van der Waals surface area (Å²) in [4.78, 5) is 0. The standard InChI is InChI=1S/C25H36/c1-5-19-15-23(21-11-7-12-21)16(2)17(3)24(18(4)20-9-6-10-20)25(19)22-13-8-14-22/h19,21H,5-15H2,1-4H3. The average molecular weight is 337 g/mol. The third kappa shape index (κ3) is 2.90. The lowest BCUT2D eigenvalue weighted by Crippen LogP contribution is -2.19. The fraction of sp³-hybridized carbons (Fsp3) is 0.680. The van der Waals surface area contributed by atoms with Crippen LogP contribution in [0.4, 0.5) is 0 Å². The van der Waals surface area contributed by atoms with Gasteiger partial charge < -0.3 is 0 Å². The van der Waals surface area contributed by atoms with Crippen molar-refractivity contribution >= 4 is 0 Å². The predicted molar refractivity (Wildman–Crippen MR) is 109 cm³/mol. The van der Waals surface area contributed by atoms with Crippen molar-refractivity contribution in [3.8, 4) is 0 Å². The van der Waals surface area contributed by atoms with Gasteiger partial charge in [-0.1, -0.05) is 30.1 Å². The maximum absolute atomic E-state index is 2.45. The van der Waals surface area contributed by atoms with Gasteiger partial charge in [0.15, 0.2) is 0 Å². The molecule has 0 radical (unpaired) electrons.